The minimum Gasteiger partial charge on any atom is -0.477 e. The smallest absolute Gasteiger partial charge is 0.354 e. The van der Waals surface area contributed by atoms with Crippen LogP contribution in [0.1, 0.15) is 23.3 Å². The van der Waals surface area contributed by atoms with E-state index in [0.29, 0.717) is 5.92 Å². The van der Waals surface area contributed by atoms with Gasteiger partial charge in [0.15, 0.2) is 0 Å². The molecule has 1 aliphatic rings. The molecule has 0 aliphatic carbocycles. The van der Waals surface area contributed by atoms with Crippen molar-refractivity contribution >= 4 is 11.7 Å². The van der Waals surface area contributed by atoms with E-state index >= 15 is 0 Å². The third-order valence-corrected chi connectivity index (χ3v) is 3.30. The lowest BCUT2D eigenvalue weighted by Crippen LogP contribution is -2.35. The van der Waals surface area contributed by atoms with Crippen molar-refractivity contribution < 1.29 is 9.90 Å². The van der Waals surface area contributed by atoms with Crippen molar-refractivity contribution in [3.63, 3.8) is 0 Å². The molecule has 0 aromatic carbocycles. The number of anilines is 1. The van der Waals surface area contributed by atoms with Gasteiger partial charge in [-0.1, -0.05) is 0 Å². The Bertz CT molecular complexity index is 422. The molecule has 2 N–H and O–H groups in total. The van der Waals surface area contributed by atoms with E-state index in [9.17, 15) is 4.79 Å². The third kappa shape index (κ3) is 3.43. The van der Waals surface area contributed by atoms with Crippen LogP contribution in [-0.4, -0.2) is 47.6 Å². The number of piperidine rings is 1. The zero-order valence-corrected chi connectivity index (χ0v) is 10.6. The van der Waals surface area contributed by atoms with Crippen molar-refractivity contribution in [1.29, 1.82) is 0 Å². The topological polar surface area (TPSA) is 65.5 Å². The Labute approximate surface area is 107 Å². The van der Waals surface area contributed by atoms with Crippen LogP contribution in [0.2, 0.25) is 0 Å². The SMILES string of the molecule is CN1CCCC(CNc2ccnc(C(=O)O)c2)C1. The first-order valence-electron chi connectivity index (χ1n) is 6.27. The highest BCUT2D eigenvalue weighted by atomic mass is 16.4. The zero-order valence-electron chi connectivity index (χ0n) is 10.6. The minimum atomic E-state index is -0.990. The molecule has 1 saturated heterocycles. The van der Waals surface area contributed by atoms with E-state index in [1.54, 1.807) is 12.1 Å². The van der Waals surface area contributed by atoms with Crippen LogP contribution in [-0.2, 0) is 0 Å². The first-order chi connectivity index (χ1) is 8.65. The van der Waals surface area contributed by atoms with E-state index in [4.69, 9.17) is 5.11 Å². The number of hydrogen-bond acceptors (Lipinski definition) is 4. The highest BCUT2D eigenvalue weighted by Gasteiger charge is 2.16. The highest BCUT2D eigenvalue weighted by Crippen LogP contribution is 2.16. The Morgan fingerprint density at radius 2 is 2.50 bits per heavy atom. The lowest BCUT2D eigenvalue weighted by Gasteiger charge is -2.29. The Hall–Kier alpha value is -1.62. The number of carbonyl (C=O) groups is 1. The summed E-state index contributed by atoms with van der Waals surface area (Å²) in [5.41, 5.74) is 0.913. The van der Waals surface area contributed by atoms with Crippen LogP contribution in [0.5, 0.6) is 0 Å². The van der Waals surface area contributed by atoms with Gasteiger partial charge < -0.3 is 15.3 Å². The van der Waals surface area contributed by atoms with Crippen molar-refractivity contribution in [2.75, 3.05) is 32.0 Å². The summed E-state index contributed by atoms with van der Waals surface area (Å²) in [4.78, 5) is 16.9. The van der Waals surface area contributed by atoms with Crippen molar-refractivity contribution in [2.24, 2.45) is 5.92 Å². The zero-order chi connectivity index (χ0) is 13.0. The normalized spacial score (nSPS) is 20.6. The van der Waals surface area contributed by atoms with Gasteiger partial charge in [-0.3, -0.25) is 0 Å². The molecule has 0 saturated carbocycles. The molecule has 5 heteroatoms. The average molecular weight is 249 g/mol. The van der Waals surface area contributed by atoms with Crippen LogP contribution in [0, 0.1) is 5.92 Å². The van der Waals surface area contributed by atoms with Gasteiger partial charge >= 0.3 is 5.97 Å². The maximum Gasteiger partial charge on any atom is 0.354 e. The Morgan fingerprint density at radius 1 is 1.67 bits per heavy atom. The molecule has 1 aromatic heterocycles. The molecule has 98 valence electrons. The molecule has 2 heterocycles. The van der Waals surface area contributed by atoms with Crippen molar-refractivity contribution in [1.82, 2.24) is 9.88 Å². The van der Waals surface area contributed by atoms with Crippen molar-refractivity contribution in [3.05, 3.63) is 24.0 Å². The van der Waals surface area contributed by atoms with Gasteiger partial charge in [0.05, 0.1) is 0 Å². The number of aromatic nitrogens is 1. The molecule has 0 spiro atoms. The molecule has 1 unspecified atom stereocenters. The third-order valence-electron chi connectivity index (χ3n) is 3.30. The number of aromatic carboxylic acids is 1. The van der Waals surface area contributed by atoms with Gasteiger partial charge in [-0.2, -0.15) is 0 Å². The molecule has 2 rings (SSSR count). The minimum absolute atomic E-state index is 0.0840. The summed E-state index contributed by atoms with van der Waals surface area (Å²) in [7, 11) is 2.14. The number of nitrogens with one attached hydrogen (secondary N) is 1. The molecule has 0 amide bonds. The second kappa shape index (κ2) is 5.82. The summed E-state index contributed by atoms with van der Waals surface area (Å²) in [6.45, 7) is 3.16. The number of pyridine rings is 1. The molecular weight excluding hydrogens is 230 g/mol. The average Bonchev–Trinajstić information content (AvgIpc) is 2.37. The number of carboxylic acid groups (broad SMARTS) is 1. The highest BCUT2D eigenvalue weighted by molar-refractivity contribution is 5.86. The molecule has 1 fully saturated rings. The van der Waals surface area contributed by atoms with E-state index in [1.165, 1.54) is 25.6 Å². The number of likely N-dealkylation sites (tertiary alicyclic amines) is 1. The van der Waals surface area contributed by atoms with Crippen LogP contribution < -0.4 is 5.32 Å². The Balaban J connectivity index is 1.89. The predicted octanol–water partition coefficient (Wildman–Crippen LogP) is 1.53. The van der Waals surface area contributed by atoms with Gasteiger partial charge in [0, 0.05) is 25.0 Å². The van der Waals surface area contributed by atoms with Crippen LogP contribution in [0.15, 0.2) is 18.3 Å². The summed E-state index contributed by atoms with van der Waals surface area (Å²) in [6.07, 6.45) is 3.99. The summed E-state index contributed by atoms with van der Waals surface area (Å²) >= 11 is 0. The first kappa shape index (κ1) is 12.8. The number of rotatable bonds is 4. The number of hydrogen-bond donors (Lipinski definition) is 2. The Kier molecular flexibility index (Phi) is 4.15. The molecular formula is C13H19N3O2. The fourth-order valence-corrected chi connectivity index (χ4v) is 2.36. The molecule has 1 aliphatic heterocycles. The van der Waals surface area contributed by atoms with Gasteiger partial charge in [0.1, 0.15) is 5.69 Å². The number of nitrogens with zero attached hydrogens (tertiary/aromatic N) is 2. The van der Waals surface area contributed by atoms with E-state index in [0.717, 1.165) is 18.8 Å². The van der Waals surface area contributed by atoms with E-state index in [2.05, 4.69) is 22.2 Å². The van der Waals surface area contributed by atoms with Gasteiger partial charge in [0.2, 0.25) is 0 Å². The predicted molar refractivity (Wildman–Crippen MR) is 69.9 cm³/mol. The largest absolute Gasteiger partial charge is 0.477 e. The summed E-state index contributed by atoms with van der Waals surface area (Å²) < 4.78 is 0. The summed E-state index contributed by atoms with van der Waals surface area (Å²) in [6, 6.07) is 3.38. The quantitative estimate of drug-likeness (QED) is 0.847. The fourth-order valence-electron chi connectivity index (χ4n) is 2.36. The van der Waals surface area contributed by atoms with Crippen LogP contribution in [0.25, 0.3) is 0 Å². The van der Waals surface area contributed by atoms with Crippen LogP contribution in [0.3, 0.4) is 0 Å². The van der Waals surface area contributed by atoms with E-state index in [1.807, 2.05) is 0 Å². The second-order valence-electron chi connectivity index (χ2n) is 4.89. The lowest BCUT2D eigenvalue weighted by atomic mass is 9.98. The summed E-state index contributed by atoms with van der Waals surface area (Å²) in [5, 5.41) is 12.2. The standard InChI is InChI=1S/C13H19N3O2/c1-16-6-2-3-10(9-16)8-15-11-4-5-14-12(7-11)13(17)18/h4-5,7,10H,2-3,6,8-9H2,1H3,(H,14,15)(H,17,18). The molecule has 0 bridgehead atoms. The molecule has 18 heavy (non-hydrogen) atoms. The fraction of sp³-hybridized carbons (Fsp3) is 0.538. The van der Waals surface area contributed by atoms with Crippen LogP contribution >= 0.6 is 0 Å². The first-order valence-corrected chi connectivity index (χ1v) is 6.27. The molecule has 5 nitrogen and oxygen atoms in total. The van der Waals surface area contributed by atoms with Gasteiger partial charge in [-0.15, -0.1) is 0 Å². The van der Waals surface area contributed by atoms with Crippen molar-refractivity contribution in [3.8, 4) is 0 Å². The second-order valence-corrected chi connectivity index (χ2v) is 4.89. The van der Waals surface area contributed by atoms with Gasteiger partial charge in [-0.25, -0.2) is 9.78 Å². The lowest BCUT2D eigenvalue weighted by molar-refractivity contribution is 0.0690. The summed E-state index contributed by atoms with van der Waals surface area (Å²) in [5.74, 6) is -0.360. The van der Waals surface area contributed by atoms with Gasteiger partial charge in [0.25, 0.3) is 0 Å². The Morgan fingerprint density at radius 3 is 3.22 bits per heavy atom. The monoisotopic (exact) mass is 249 g/mol. The molecule has 1 atom stereocenters. The van der Waals surface area contributed by atoms with E-state index < -0.39 is 5.97 Å². The van der Waals surface area contributed by atoms with Gasteiger partial charge in [-0.05, 0) is 44.5 Å². The van der Waals surface area contributed by atoms with Crippen LogP contribution in [0.4, 0.5) is 5.69 Å². The maximum absolute atomic E-state index is 10.8. The van der Waals surface area contributed by atoms with Crippen molar-refractivity contribution in [2.45, 2.75) is 12.8 Å². The maximum atomic E-state index is 10.8. The molecule has 1 aromatic rings. The molecule has 0 radical (unpaired) electrons. The van der Waals surface area contributed by atoms with E-state index in [-0.39, 0.29) is 5.69 Å². The number of carboxylic acids is 1.